The average Bonchev–Trinajstić information content (AvgIpc) is 3.25. The molecular formula is C19H21F3N2O2. The van der Waals surface area contributed by atoms with E-state index in [1.54, 1.807) is 19.1 Å². The van der Waals surface area contributed by atoms with Crippen LogP contribution in [0.5, 0.6) is 0 Å². The van der Waals surface area contributed by atoms with Crippen LogP contribution in [-0.2, 0) is 21.4 Å². The standard InChI is InChI=1S/C19H21F3N2O2/c1-12-15(4-3-5-16(12)20)19(17(25)26-2)7-6-13(9-19)8-14-10-23-24(11-14)18(21)22/h3-5,10-11,13,18H,6-9H2,1-2H3/t13?,19-/m0/s1. The molecular weight excluding hydrogens is 345 g/mol. The molecule has 1 saturated carbocycles. The number of rotatable bonds is 5. The Balaban J connectivity index is 1.86. The molecule has 1 aromatic carbocycles. The average molecular weight is 366 g/mol. The quantitative estimate of drug-likeness (QED) is 0.746. The van der Waals surface area contributed by atoms with Gasteiger partial charge in [-0.05, 0) is 61.3 Å². The van der Waals surface area contributed by atoms with E-state index < -0.39 is 12.0 Å². The Bertz CT molecular complexity index is 806. The minimum Gasteiger partial charge on any atom is -0.468 e. The molecule has 26 heavy (non-hydrogen) atoms. The third kappa shape index (κ3) is 3.22. The predicted octanol–water partition coefficient (Wildman–Crippen LogP) is 4.18. The summed E-state index contributed by atoms with van der Waals surface area (Å²) in [6.45, 7) is -1.01. The van der Waals surface area contributed by atoms with Crippen LogP contribution < -0.4 is 0 Å². The fourth-order valence-electron chi connectivity index (χ4n) is 4.11. The van der Waals surface area contributed by atoms with Crippen molar-refractivity contribution in [3.05, 3.63) is 53.1 Å². The first-order valence-electron chi connectivity index (χ1n) is 8.52. The second-order valence-electron chi connectivity index (χ2n) is 6.91. The van der Waals surface area contributed by atoms with E-state index in [-0.39, 0.29) is 17.7 Å². The fourth-order valence-corrected chi connectivity index (χ4v) is 4.11. The summed E-state index contributed by atoms with van der Waals surface area (Å²) in [6.07, 6.45) is 5.06. The van der Waals surface area contributed by atoms with Crippen molar-refractivity contribution in [2.75, 3.05) is 7.11 Å². The minimum absolute atomic E-state index is 0.104. The second-order valence-corrected chi connectivity index (χ2v) is 6.91. The highest BCUT2D eigenvalue weighted by molar-refractivity contribution is 5.84. The molecule has 0 N–H and O–H groups in total. The number of esters is 1. The van der Waals surface area contributed by atoms with Crippen LogP contribution in [0.3, 0.4) is 0 Å². The molecule has 1 unspecified atom stereocenters. The SMILES string of the molecule is COC(=O)[C@@]1(c2cccc(F)c2C)CCC(Cc2cnn(C(F)F)c2)C1. The van der Waals surface area contributed by atoms with Gasteiger partial charge in [-0.2, -0.15) is 13.9 Å². The first-order chi connectivity index (χ1) is 12.4. The monoisotopic (exact) mass is 366 g/mol. The van der Waals surface area contributed by atoms with E-state index in [0.717, 1.165) is 6.42 Å². The molecule has 2 aromatic rings. The van der Waals surface area contributed by atoms with Crippen molar-refractivity contribution >= 4 is 5.97 Å². The Morgan fingerprint density at radius 2 is 2.23 bits per heavy atom. The number of hydrogen-bond acceptors (Lipinski definition) is 3. The van der Waals surface area contributed by atoms with Gasteiger partial charge in [0.15, 0.2) is 0 Å². The summed E-state index contributed by atoms with van der Waals surface area (Å²) in [5.74, 6) is -0.628. The zero-order chi connectivity index (χ0) is 18.9. The molecule has 1 aromatic heterocycles. The lowest BCUT2D eigenvalue weighted by Gasteiger charge is -2.28. The number of carbonyl (C=O) groups is 1. The molecule has 1 fully saturated rings. The van der Waals surface area contributed by atoms with E-state index in [2.05, 4.69) is 5.10 Å². The number of hydrogen-bond donors (Lipinski definition) is 0. The van der Waals surface area contributed by atoms with Gasteiger partial charge >= 0.3 is 12.5 Å². The van der Waals surface area contributed by atoms with Gasteiger partial charge in [0.05, 0.1) is 18.7 Å². The smallest absolute Gasteiger partial charge is 0.333 e. The number of benzene rings is 1. The minimum atomic E-state index is -2.67. The molecule has 4 nitrogen and oxygen atoms in total. The lowest BCUT2D eigenvalue weighted by molar-refractivity contribution is -0.147. The lowest BCUT2D eigenvalue weighted by Crippen LogP contribution is -2.35. The van der Waals surface area contributed by atoms with E-state index in [4.69, 9.17) is 4.74 Å². The Labute approximate surface area is 150 Å². The van der Waals surface area contributed by atoms with Crippen LogP contribution in [0.1, 0.15) is 42.5 Å². The Morgan fingerprint density at radius 1 is 1.46 bits per heavy atom. The van der Waals surface area contributed by atoms with Gasteiger partial charge in [0.2, 0.25) is 0 Å². The fraction of sp³-hybridized carbons (Fsp3) is 0.474. The van der Waals surface area contributed by atoms with E-state index in [0.29, 0.717) is 40.6 Å². The van der Waals surface area contributed by atoms with Crippen LogP contribution in [0.2, 0.25) is 0 Å². The lowest BCUT2D eigenvalue weighted by atomic mass is 9.75. The number of ether oxygens (including phenoxy) is 1. The molecule has 140 valence electrons. The summed E-state index contributed by atoms with van der Waals surface area (Å²) in [7, 11) is 1.33. The number of methoxy groups -OCH3 is 1. The number of nitrogens with zero attached hydrogens (tertiary/aromatic N) is 2. The van der Waals surface area contributed by atoms with Crippen molar-refractivity contribution in [1.29, 1.82) is 0 Å². The summed E-state index contributed by atoms with van der Waals surface area (Å²) in [4.78, 5) is 12.6. The van der Waals surface area contributed by atoms with Gasteiger partial charge < -0.3 is 4.74 Å². The summed E-state index contributed by atoms with van der Waals surface area (Å²) in [5, 5.41) is 3.65. The topological polar surface area (TPSA) is 44.1 Å². The van der Waals surface area contributed by atoms with Gasteiger partial charge in [-0.3, -0.25) is 4.79 Å². The zero-order valence-electron chi connectivity index (χ0n) is 14.7. The highest BCUT2D eigenvalue weighted by Gasteiger charge is 2.48. The van der Waals surface area contributed by atoms with Gasteiger partial charge in [0.1, 0.15) is 5.82 Å². The van der Waals surface area contributed by atoms with Crippen molar-refractivity contribution in [2.24, 2.45) is 5.92 Å². The number of halogens is 3. The largest absolute Gasteiger partial charge is 0.468 e. The van der Waals surface area contributed by atoms with Crippen LogP contribution in [0, 0.1) is 18.7 Å². The van der Waals surface area contributed by atoms with Gasteiger partial charge in [0, 0.05) is 6.20 Å². The summed E-state index contributed by atoms with van der Waals surface area (Å²) >= 11 is 0. The highest BCUT2D eigenvalue weighted by atomic mass is 19.3. The molecule has 0 radical (unpaired) electrons. The van der Waals surface area contributed by atoms with Crippen LogP contribution >= 0.6 is 0 Å². The molecule has 7 heteroatoms. The second kappa shape index (κ2) is 7.13. The van der Waals surface area contributed by atoms with E-state index in [1.165, 1.54) is 25.6 Å². The van der Waals surface area contributed by atoms with Crippen LogP contribution in [0.25, 0.3) is 0 Å². The van der Waals surface area contributed by atoms with Crippen molar-refractivity contribution in [3.63, 3.8) is 0 Å². The molecule has 0 aliphatic heterocycles. The Hall–Kier alpha value is -2.31. The molecule has 0 saturated heterocycles. The van der Waals surface area contributed by atoms with Gasteiger partial charge in [0.25, 0.3) is 0 Å². The van der Waals surface area contributed by atoms with Gasteiger partial charge in [-0.25, -0.2) is 9.07 Å². The first-order valence-corrected chi connectivity index (χ1v) is 8.52. The maximum atomic E-state index is 14.1. The van der Waals surface area contributed by atoms with Crippen LogP contribution in [0.15, 0.2) is 30.6 Å². The van der Waals surface area contributed by atoms with Gasteiger partial charge in [-0.1, -0.05) is 12.1 Å². The summed E-state index contributed by atoms with van der Waals surface area (Å²) in [5.41, 5.74) is 0.899. The van der Waals surface area contributed by atoms with Crippen LogP contribution in [0.4, 0.5) is 13.2 Å². The molecule has 2 atom stereocenters. The normalized spacial score (nSPS) is 22.8. The van der Waals surface area contributed by atoms with Crippen LogP contribution in [-0.4, -0.2) is 22.9 Å². The molecule has 1 aliphatic rings. The summed E-state index contributed by atoms with van der Waals surface area (Å²) in [6, 6.07) is 4.74. The number of aromatic nitrogens is 2. The van der Waals surface area contributed by atoms with E-state index in [1.807, 2.05) is 0 Å². The predicted molar refractivity (Wildman–Crippen MR) is 89.4 cm³/mol. The maximum absolute atomic E-state index is 14.1. The van der Waals surface area contributed by atoms with Crippen molar-refractivity contribution < 1.29 is 22.7 Å². The Kier molecular flexibility index (Phi) is 5.07. The van der Waals surface area contributed by atoms with Crippen molar-refractivity contribution in [3.8, 4) is 0 Å². The first kappa shape index (κ1) is 18.5. The summed E-state index contributed by atoms with van der Waals surface area (Å²) < 4.78 is 45.1. The van der Waals surface area contributed by atoms with Gasteiger partial charge in [-0.15, -0.1) is 0 Å². The Morgan fingerprint density at radius 3 is 2.88 bits per heavy atom. The third-order valence-electron chi connectivity index (χ3n) is 5.36. The van der Waals surface area contributed by atoms with Crippen molar-refractivity contribution in [2.45, 2.75) is 44.6 Å². The third-order valence-corrected chi connectivity index (χ3v) is 5.36. The molecule has 0 bridgehead atoms. The number of carbonyl (C=O) groups excluding carboxylic acids is 1. The van der Waals surface area contributed by atoms with Crippen molar-refractivity contribution in [1.82, 2.24) is 9.78 Å². The zero-order valence-corrected chi connectivity index (χ0v) is 14.7. The number of alkyl halides is 2. The maximum Gasteiger partial charge on any atom is 0.333 e. The van der Waals surface area contributed by atoms with E-state index >= 15 is 0 Å². The molecule has 1 aliphatic carbocycles. The molecule has 1 heterocycles. The highest BCUT2D eigenvalue weighted by Crippen LogP contribution is 2.47. The molecule has 0 amide bonds. The molecule has 3 rings (SSSR count). The van der Waals surface area contributed by atoms with E-state index in [9.17, 15) is 18.0 Å². The molecule has 0 spiro atoms.